The Morgan fingerprint density at radius 1 is 0.451 bits per heavy atom. The fraction of sp³-hybridized carbons (Fsp3) is 0.111. The summed E-state index contributed by atoms with van der Waals surface area (Å²) in [6.07, 6.45) is 16.1. The highest BCUT2D eigenvalue weighted by Crippen LogP contribution is 2.37. The highest BCUT2D eigenvalue weighted by Gasteiger charge is 2.48. The summed E-state index contributed by atoms with van der Waals surface area (Å²) in [5.74, 6) is -11.6. The first kappa shape index (κ1) is 77.7. The molecule has 1 saturated carbocycles. The van der Waals surface area contributed by atoms with Gasteiger partial charge in [-0.15, -0.1) is 11.3 Å². The standard InChI is InChI=1S/C21H14F3N3OS.C20H17F3N4O.C20H16F3N3O2.C20H12F3N3O2/c22-15-5-3-12(8-16(15)23)4-6-18-14-10-20(17(24)11-19(14)27-26-18)25-21(28)9-13-2-1-7-29-13;1-24-20(6-7-20)19(28)25-18-9-12-16(26-27-17(12)10-15(18)23)5-3-11-2-4-13(21)14(22)8-11;21-14-3-1-11(7-15(14)22)2-4-17-13-8-19(16(23)9-18(13)26-25-17)24-20(27)12-5-6-28-10-12;21-13-5-3-11(8-14(13)22)4-6-16-12-9-18(15(23)10-17(12)26-25-16)24-20(27)19-2-1-7-28-19/h1-8,10-11H,9H2,(H,25,28)(H,26,27);2-5,8-10,24H,6-7H2,1H3,(H,25,28)(H,26,27);1-4,7-9,12H,5-6,10H2,(H,24,27)(H,25,26);1-10H,(H,24,27)(H,25,26)/b6-4+;5-3+;4-2+;6-4+. The third-order valence-electron chi connectivity index (χ3n) is 17.9. The molecule has 7 heterocycles. The zero-order valence-corrected chi connectivity index (χ0v) is 59.4. The van der Waals surface area contributed by atoms with Crippen LogP contribution in [0.3, 0.4) is 0 Å². The maximum absolute atomic E-state index is 14.4. The van der Waals surface area contributed by atoms with Gasteiger partial charge in [-0.05, 0) is 169 Å². The van der Waals surface area contributed by atoms with E-state index >= 15 is 0 Å². The second-order valence-electron chi connectivity index (χ2n) is 25.5. The van der Waals surface area contributed by atoms with Gasteiger partial charge < -0.3 is 35.7 Å². The van der Waals surface area contributed by atoms with Crippen molar-refractivity contribution < 1.29 is 81.0 Å². The van der Waals surface area contributed by atoms with Gasteiger partial charge in [0.15, 0.2) is 52.3 Å². The van der Waals surface area contributed by atoms with Crippen LogP contribution in [0.5, 0.6) is 0 Å². The second-order valence-corrected chi connectivity index (χ2v) is 26.6. The smallest absolute Gasteiger partial charge is 0.291 e. The van der Waals surface area contributed by atoms with E-state index in [9.17, 15) is 71.9 Å². The third kappa shape index (κ3) is 18.7. The van der Waals surface area contributed by atoms with Crippen molar-refractivity contribution in [1.82, 2.24) is 46.1 Å². The molecular weight excluding hydrogens is 1510 g/mol. The van der Waals surface area contributed by atoms with E-state index in [-0.39, 0.29) is 58.6 Å². The van der Waals surface area contributed by atoms with E-state index in [1.54, 1.807) is 61.7 Å². The van der Waals surface area contributed by atoms with E-state index < -0.39 is 81.3 Å². The molecule has 2 aliphatic rings. The Balaban J connectivity index is 0.000000132. The zero-order chi connectivity index (χ0) is 79.6. The molecule has 574 valence electrons. The number of nitrogens with zero attached hydrogens (tertiary/aromatic N) is 4. The Kier molecular flexibility index (Phi) is 23.5. The van der Waals surface area contributed by atoms with Crippen LogP contribution in [-0.2, 0) is 25.5 Å². The summed E-state index contributed by atoms with van der Waals surface area (Å²) in [5, 5.41) is 44.6. The molecule has 9 N–H and O–H groups in total. The summed E-state index contributed by atoms with van der Waals surface area (Å²) in [4.78, 5) is 49.7. The van der Waals surface area contributed by atoms with Crippen LogP contribution in [0.4, 0.5) is 75.4 Å². The van der Waals surface area contributed by atoms with Crippen molar-refractivity contribution in [1.29, 1.82) is 0 Å². The van der Waals surface area contributed by atoms with E-state index in [0.29, 0.717) is 121 Å². The largest absolute Gasteiger partial charge is 0.459 e. The number of anilines is 4. The van der Waals surface area contributed by atoms with Crippen molar-refractivity contribution in [2.45, 2.75) is 31.2 Å². The first-order valence-electron chi connectivity index (χ1n) is 34.2. The van der Waals surface area contributed by atoms with E-state index in [1.807, 2.05) is 17.5 Å². The first-order valence-corrected chi connectivity index (χ1v) is 35.1. The molecule has 0 spiro atoms. The topological polar surface area (TPSA) is 266 Å². The van der Waals surface area contributed by atoms with Crippen molar-refractivity contribution >= 4 is 150 Å². The van der Waals surface area contributed by atoms with Crippen LogP contribution in [0, 0.1) is 75.7 Å². The zero-order valence-electron chi connectivity index (χ0n) is 58.6. The lowest BCUT2D eigenvalue weighted by Gasteiger charge is -2.14. The summed E-state index contributed by atoms with van der Waals surface area (Å²) in [6, 6.07) is 31.6. The van der Waals surface area contributed by atoms with Gasteiger partial charge in [-0.1, -0.05) is 54.6 Å². The molecule has 0 bridgehead atoms. The van der Waals surface area contributed by atoms with Gasteiger partial charge in [0.05, 0.1) is 98.3 Å². The molecule has 8 aromatic carbocycles. The summed E-state index contributed by atoms with van der Waals surface area (Å²) in [6.45, 7) is 0.837. The Hall–Kier alpha value is -13.5. The monoisotopic (exact) mass is 1570 g/mol. The summed E-state index contributed by atoms with van der Waals surface area (Å²) in [7, 11) is 1.70. The number of furan rings is 1. The van der Waals surface area contributed by atoms with Gasteiger partial charge in [0, 0.05) is 57.3 Å². The molecular formula is C81H59F12N13O6S. The lowest BCUT2D eigenvalue weighted by atomic mass is 10.1. The molecule has 1 saturated heterocycles. The average Bonchev–Trinajstić information content (AvgIpc) is 1.66. The number of halogens is 12. The van der Waals surface area contributed by atoms with Crippen LogP contribution in [0.2, 0.25) is 0 Å². The first-order chi connectivity index (χ1) is 54.4. The van der Waals surface area contributed by atoms with Gasteiger partial charge in [0.25, 0.3) is 5.91 Å². The van der Waals surface area contributed by atoms with Gasteiger partial charge in [-0.3, -0.25) is 39.6 Å². The van der Waals surface area contributed by atoms with Gasteiger partial charge in [-0.25, -0.2) is 52.7 Å². The minimum absolute atomic E-state index is 0.0437. The van der Waals surface area contributed by atoms with E-state index in [2.05, 4.69) is 67.4 Å². The molecule has 1 unspecified atom stereocenters. The lowest BCUT2D eigenvalue weighted by molar-refractivity contribution is -0.120. The predicted molar refractivity (Wildman–Crippen MR) is 406 cm³/mol. The maximum Gasteiger partial charge on any atom is 0.291 e. The fourth-order valence-corrected chi connectivity index (χ4v) is 12.3. The number of hydrogen-bond acceptors (Lipinski definition) is 12. The van der Waals surface area contributed by atoms with Gasteiger partial charge in [-0.2, -0.15) is 20.4 Å². The Morgan fingerprint density at radius 2 is 0.841 bits per heavy atom. The summed E-state index contributed by atoms with van der Waals surface area (Å²) >= 11 is 1.45. The molecule has 14 aromatic rings. The van der Waals surface area contributed by atoms with Gasteiger partial charge in [0.1, 0.15) is 23.3 Å². The van der Waals surface area contributed by atoms with Gasteiger partial charge in [0.2, 0.25) is 17.7 Å². The number of H-pyrrole nitrogens is 4. The summed E-state index contributed by atoms with van der Waals surface area (Å²) in [5.41, 5.74) is 4.89. The predicted octanol–water partition coefficient (Wildman–Crippen LogP) is 18.4. The number of aromatic nitrogens is 8. The second kappa shape index (κ2) is 34.2. The van der Waals surface area contributed by atoms with Crippen molar-refractivity contribution in [3.63, 3.8) is 0 Å². The highest BCUT2D eigenvalue weighted by atomic mass is 32.1. The van der Waals surface area contributed by atoms with E-state index in [1.165, 1.54) is 96.5 Å². The molecule has 1 aliphatic heterocycles. The van der Waals surface area contributed by atoms with Crippen molar-refractivity contribution in [2.24, 2.45) is 5.92 Å². The Morgan fingerprint density at radius 3 is 1.18 bits per heavy atom. The number of thiophene rings is 1. The van der Waals surface area contributed by atoms with Crippen molar-refractivity contribution in [3.8, 4) is 0 Å². The minimum atomic E-state index is -0.959. The molecule has 19 nitrogen and oxygen atoms in total. The molecule has 16 rings (SSSR count). The molecule has 32 heteroatoms. The number of likely N-dealkylation sites (N-methyl/N-ethyl adjacent to an activating group) is 1. The van der Waals surface area contributed by atoms with Crippen LogP contribution in [0.15, 0.2) is 162 Å². The number of nitrogens with one attached hydrogen (secondary N) is 9. The lowest BCUT2D eigenvalue weighted by Crippen LogP contribution is -2.40. The molecule has 1 aliphatic carbocycles. The SMILES string of the molecule is CNC1(C(=O)Nc2cc3c(/C=C/c4ccc(F)c(F)c4)n[nH]c3cc2F)CC1.O=C(Cc1cccs1)Nc1cc2c(/C=C/c3ccc(F)c(F)c3)n[nH]c2cc1F.O=C(Nc1cc2c(/C=C/c3ccc(F)c(F)c3)n[nH]c2cc1F)C1CCOC1.O=C(Nc1cc2c(/C=C/c3ccc(F)c(F)c3)n[nH]c2cc1F)c1ccco1. The number of ether oxygens (including phenoxy) is 1. The molecule has 6 aromatic heterocycles. The fourth-order valence-electron chi connectivity index (χ4n) is 11.6. The molecule has 2 fully saturated rings. The number of aromatic amines is 4. The Labute approximate surface area is 635 Å². The molecule has 0 radical (unpaired) electrons. The quantitative estimate of drug-likeness (QED) is 0.0365. The highest BCUT2D eigenvalue weighted by molar-refractivity contribution is 7.10. The summed E-state index contributed by atoms with van der Waals surface area (Å²) < 4.78 is 173. The Bertz CT molecular complexity index is 6050. The molecule has 113 heavy (non-hydrogen) atoms. The van der Waals surface area contributed by atoms with Crippen LogP contribution in [0.1, 0.15) is 79.7 Å². The van der Waals surface area contributed by atoms with Crippen LogP contribution in [-0.4, -0.2) is 90.2 Å². The van der Waals surface area contributed by atoms with Crippen LogP contribution < -0.4 is 26.6 Å². The maximum atomic E-state index is 14.4. The van der Waals surface area contributed by atoms with Crippen molar-refractivity contribution in [3.05, 3.63) is 283 Å². The van der Waals surface area contributed by atoms with Gasteiger partial charge >= 0.3 is 0 Å². The average molecular weight is 1570 g/mol. The van der Waals surface area contributed by atoms with E-state index in [0.717, 1.165) is 53.4 Å². The molecule has 4 amide bonds. The normalized spacial score (nSPS) is 13.7. The third-order valence-corrected chi connectivity index (χ3v) is 18.8. The number of benzene rings is 8. The number of carbonyl (C=O) groups is 4. The molecule has 1 atom stereocenters. The van der Waals surface area contributed by atoms with Crippen molar-refractivity contribution in [2.75, 3.05) is 41.5 Å². The van der Waals surface area contributed by atoms with Crippen LogP contribution >= 0.6 is 11.3 Å². The van der Waals surface area contributed by atoms with E-state index in [4.69, 9.17) is 9.15 Å². The number of fused-ring (bicyclic) bond motifs is 4. The number of rotatable bonds is 18. The minimum Gasteiger partial charge on any atom is -0.459 e. The number of amides is 4. The van der Waals surface area contributed by atoms with Crippen LogP contribution in [0.25, 0.3) is 92.2 Å². The number of hydrogen-bond donors (Lipinski definition) is 9. The number of carbonyl (C=O) groups excluding carboxylic acids is 4.